The van der Waals surface area contributed by atoms with Crippen molar-refractivity contribution in [2.24, 2.45) is 5.92 Å². The van der Waals surface area contributed by atoms with E-state index in [1.807, 2.05) is 0 Å². The summed E-state index contributed by atoms with van der Waals surface area (Å²) in [5.74, 6) is 0.253. The molecule has 0 spiro atoms. The molecule has 1 atom stereocenters. The predicted octanol–water partition coefficient (Wildman–Crippen LogP) is 1.85. The average Bonchev–Trinajstić information content (AvgIpc) is 3.16. The van der Waals surface area contributed by atoms with Crippen molar-refractivity contribution in [3.8, 4) is 0 Å². The number of likely N-dealkylation sites (tertiary alicyclic amines) is 1. The topological polar surface area (TPSA) is 78.4 Å². The van der Waals surface area contributed by atoms with Crippen molar-refractivity contribution in [2.45, 2.75) is 38.1 Å². The van der Waals surface area contributed by atoms with Crippen LogP contribution in [0.2, 0.25) is 0 Å². The SMILES string of the molecule is O=C(O)c1ccc(NC[C@@H]2CCN(C3CCCC3)C2)nn1. The van der Waals surface area contributed by atoms with Gasteiger partial charge in [-0.05, 0) is 43.9 Å². The van der Waals surface area contributed by atoms with Crippen molar-refractivity contribution in [1.29, 1.82) is 0 Å². The minimum absolute atomic E-state index is 0.0196. The molecule has 1 aromatic rings. The molecule has 1 aliphatic heterocycles. The molecule has 0 radical (unpaired) electrons. The van der Waals surface area contributed by atoms with Crippen LogP contribution in [0.4, 0.5) is 5.82 Å². The third kappa shape index (κ3) is 3.50. The third-order valence-electron chi connectivity index (χ3n) is 4.61. The molecule has 6 heteroatoms. The number of nitrogens with zero attached hydrogens (tertiary/aromatic N) is 3. The minimum Gasteiger partial charge on any atom is -0.476 e. The van der Waals surface area contributed by atoms with Crippen LogP contribution in [0.5, 0.6) is 0 Å². The van der Waals surface area contributed by atoms with Crippen molar-refractivity contribution >= 4 is 11.8 Å². The Hall–Kier alpha value is -1.69. The molecule has 1 saturated heterocycles. The molecule has 1 aromatic heterocycles. The molecule has 0 bridgehead atoms. The quantitative estimate of drug-likeness (QED) is 0.861. The Labute approximate surface area is 124 Å². The number of hydrogen-bond donors (Lipinski definition) is 2. The van der Waals surface area contributed by atoms with Crippen LogP contribution in [-0.4, -0.2) is 51.8 Å². The fourth-order valence-corrected chi connectivity index (χ4v) is 3.42. The Morgan fingerprint density at radius 3 is 2.76 bits per heavy atom. The fourth-order valence-electron chi connectivity index (χ4n) is 3.42. The molecule has 1 aliphatic carbocycles. The summed E-state index contributed by atoms with van der Waals surface area (Å²) in [5.41, 5.74) is -0.0196. The summed E-state index contributed by atoms with van der Waals surface area (Å²) in [7, 11) is 0. The lowest BCUT2D eigenvalue weighted by Crippen LogP contribution is -2.31. The van der Waals surface area contributed by atoms with E-state index in [1.54, 1.807) is 6.07 Å². The normalized spacial score (nSPS) is 23.5. The second-order valence-corrected chi connectivity index (χ2v) is 6.08. The minimum atomic E-state index is -1.04. The lowest BCUT2D eigenvalue weighted by Gasteiger charge is -2.23. The van der Waals surface area contributed by atoms with Gasteiger partial charge in [0.15, 0.2) is 5.69 Å². The maximum atomic E-state index is 10.7. The number of aromatic nitrogens is 2. The van der Waals surface area contributed by atoms with Gasteiger partial charge in [0.1, 0.15) is 5.82 Å². The first-order chi connectivity index (χ1) is 10.2. The van der Waals surface area contributed by atoms with Crippen molar-refractivity contribution in [2.75, 3.05) is 25.0 Å². The van der Waals surface area contributed by atoms with Crippen LogP contribution < -0.4 is 5.32 Å². The number of carbonyl (C=O) groups is 1. The van der Waals surface area contributed by atoms with Crippen molar-refractivity contribution in [3.63, 3.8) is 0 Å². The highest BCUT2D eigenvalue weighted by Gasteiger charge is 2.29. The Balaban J connectivity index is 1.46. The molecule has 1 saturated carbocycles. The lowest BCUT2D eigenvalue weighted by molar-refractivity contribution is 0.0689. The van der Waals surface area contributed by atoms with E-state index < -0.39 is 5.97 Å². The summed E-state index contributed by atoms with van der Waals surface area (Å²) in [6, 6.07) is 3.97. The number of carboxylic acids is 1. The summed E-state index contributed by atoms with van der Waals surface area (Å²) in [5, 5.41) is 19.6. The standard InChI is InChI=1S/C15H22N4O2/c20-15(21)13-5-6-14(18-17-13)16-9-11-7-8-19(10-11)12-3-1-2-4-12/h5-6,11-12H,1-4,7-10H2,(H,16,18)(H,20,21)/t11-/m0/s1. The zero-order valence-corrected chi connectivity index (χ0v) is 12.2. The van der Waals surface area contributed by atoms with E-state index >= 15 is 0 Å². The summed E-state index contributed by atoms with van der Waals surface area (Å²) in [6.07, 6.45) is 6.72. The van der Waals surface area contributed by atoms with Gasteiger partial charge in [-0.1, -0.05) is 12.8 Å². The van der Waals surface area contributed by atoms with Crippen LogP contribution >= 0.6 is 0 Å². The summed E-state index contributed by atoms with van der Waals surface area (Å²) in [4.78, 5) is 13.4. The van der Waals surface area contributed by atoms with E-state index in [-0.39, 0.29) is 5.69 Å². The maximum Gasteiger partial charge on any atom is 0.356 e. The van der Waals surface area contributed by atoms with Gasteiger partial charge in [0.25, 0.3) is 0 Å². The van der Waals surface area contributed by atoms with Gasteiger partial charge >= 0.3 is 5.97 Å². The zero-order valence-electron chi connectivity index (χ0n) is 12.2. The number of anilines is 1. The summed E-state index contributed by atoms with van der Waals surface area (Å²) < 4.78 is 0. The van der Waals surface area contributed by atoms with Gasteiger partial charge in [-0.25, -0.2) is 4.79 Å². The highest BCUT2D eigenvalue weighted by Crippen LogP contribution is 2.28. The Kier molecular flexibility index (Phi) is 4.34. The van der Waals surface area contributed by atoms with E-state index in [9.17, 15) is 4.79 Å². The number of rotatable bonds is 5. The highest BCUT2D eigenvalue weighted by molar-refractivity contribution is 5.85. The van der Waals surface area contributed by atoms with Crippen molar-refractivity contribution in [3.05, 3.63) is 17.8 Å². The van der Waals surface area contributed by atoms with Crippen LogP contribution in [0.15, 0.2) is 12.1 Å². The molecule has 2 N–H and O–H groups in total. The van der Waals surface area contributed by atoms with Gasteiger partial charge in [-0.15, -0.1) is 10.2 Å². The summed E-state index contributed by atoms with van der Waals surface area (Å²) >= 11 is 0. The smallest absolute Gasteiger partial charge is 0.356 e. The van der Waals surface area contributed by atoms with Gasteiger partial charge in [0.2, 0.25) is 0 Å². The number of carboxylic acid groups (broad SMARTS) is 1. The molecule has 0 amide bonds. The first-order valence-corrected chi connectivity index (χ1v) is 7.77. The van der Waals surface area contributed by atoms with Gasteiger partial charge in [0.05, 0.1) is 0 Å². The highest BCUT2D eigenvalue weighted by atomic mass is 16.4. The Morgan fingerprint density at radius 1 is 1.29 bits per heavy atom. The van der Waals surface area contributed by atoms with Gasteiger partial charge in [-0.3, -0.25) is 0 Å². The first-order valence-electron chi connectivity index (χ1n) is 7.77. The van der Waals surface area contributed by atoms with Crippen LogP contribution in [0.3, 0.4) is 0 Å². The molecule has 2 fully saturated rings. The second-order valence-electron chi connectivity index (χ2n) is 6.08. The van der Waals surface area contributed by atoms with Crippen LogP contribution in [-0.2, 0) is 0 Å². The number of nitrogens with one attached hydrogen (secondary N) is 1. The Bertz CT molecular complexity index is 485. The summed E-state index contributed by atoms with van der Waals surface area (Å²) in [6.45, 7) is 3.25. The average molecular weight is 290 g/mol. The van der Waals surface area contributed by atoms with E-state index in [1.165, 1.54) is 44.7 Å². The maximum absolute atomic E-state index is 10.7. The van der Waals surface area contributed by atoms with Gasteiger partial charge in [-0.2, -0.15) is 0 Å². The van der Waals surface area contributed by atoms with E-state index in [0.29, 0.717) is 11.7 Å². The molecular formula is C15H22N4O2. The third-order valence-corrected chi connectivity index (χ3v) is 4.61. The van der Waals surface area contributed by atoms with Crippen molar-refractivity contribution < 1.29 is 9.90 Å². The van der Waals surface area contributed by atoms with Crippen LogP contribution in [0.1, 0.15) is 42.6 Å². The molecular weight excluding hydrogens is 268 g/mol. The second kappa shape index (κ2) is 6.39. The van der Waals surface area contributed by atoms with E-state index in [4.69, 9.17) is 5.11 Å². The molecule has 21 heavy (non-hydrogen) atoms. The van der Waals surface area contributed by atoms with Crippen LogP contribution in [0, 0.1) is 5.92 Å². The zero-order chi connectivity index (χ0) is 14.7. The number of hydrogen-bond acceptors (Lipinski definition) is 5. The first kappa shape index (κ1) is 14.3. The predicted molar refractivity (Wildman–Crippen MR) is 79.4 cm³/mol. The molecule has 6 nitrogen and oxygen atoms in total. The van der Waals surface area contributed by atoms with E-state index in [2.05, 4.69) is 20.4 Å². The van der Waals surface area contributed by atoms with Gasteiger partial charge < -0.3 is 15.3 Å². The van der Waals surface area contributed by atoms with Crippen LogP contribution in [0.25, 0.3) is 0 Å². The lowest BCUT2D eigenvalue weighted by atomic mass is 10.1. The molecule has 0 aromatic carbocycles. The van der Waals surface area contributed by atoms with E-state index in [0.717, 1.165) is 19.1 Å². The van der Waals surface area contributed by atoms with Gasteiger partial charge in [0, 0.05) is 19.1 Å². The molecule has 0 unspecified atom stereocenters. The molecule has 2 aliphatic rings. The molecule has 3 rings (SSSR count). The Morgan fingerprint density at radius 2 is 2.10 bits per heavy atom. The largest absolute Gasteiger partial charge is 0.476 e. The molecule has 114 valence electrons. The fraction of sp³-hybridized carbons (Fsp3) is 0.667. The molecule has 2 heterocycles. The number of aromatic carboxylic acids is 1. The monoisotopic (exact) mass is 290 g/mol. The van der Waals surface area contributed by atoms with Crippen molar-refractivity contribution in [1.82, 2.24) is 15.1 Å².